The summed E-state index contributed by atoms with van der Waals surface area (Å²) in [5.41, 5.74) is 0. The number of nitrogens with zero attached hydrogens (tertiary/aromatic N) is 1. The predicted octanol–water partition coefficient (Wildman–Crippen LogP) is 1.86. The van der Waals surface area contributed by atoms with Gasteiger partial charge in [0, 0.05) is 16.6 Å². The average molecular weight is 354 g/mol. The number of rotatable bonds is 4. The fourth-order valence-electron chi connectivity index (χ4n) is 2.13. The van der Waals surface area contributed by atoms with E-state index in [4.69, 9.17) is 33.0 Å². The van der Waals surface area contributed by atoms with E-state index in [1.165, 1.54) is 18.2 Å². The molecule has 1 atom stereocenters. The maximum Gasteiger partial charge on any atom is 0.305 e. The molecule has 1 heterocycles. The number of carboxylic acids is 1. The zero-order valence-corrected chi connectivity index (χ0v) is 13.2. The lowest BCUT2D eigenvalue weighted by Crippen LogP contribution is -2.49. The molecular formula is C12H13Cl2NO5S. The van der Waals surface area contributed by atoms with E-state index in [1.54, 1.807) is 0 Å². The lowest BCUT2D eigenvalue weighted by molar-refractivity contribution is -0.139. The van der Waals surface area contributed by atoms with Gasteiger partial charge in [0.25, 0.3) is 0 Å². The van der Waals surface area contributed by atoms with Crippen molar-refractivity contribution in [2.45, 2.75) is 17.4 Å². The quantitative estimate of drug-likeness (QED) is 0.892. The van der Waals surface area contributed by atoms with Gasteiger partial charge in [0.05, 0.1) is 30.6 Å². The Balaban J connectivity index is 2.37. The second-order valence-corrected chi connectivity index (χ2v) is 7.31. The minimum Gasteiger partial charge on any atom is -0.481 e. The van der Waals surface area contributed by atoms with Crippen LogP contribution in [0.15, 0.2) is 23.1 Å². The first kappa shape index (κ1) is 16.5. The number of halogens is 2. The molecule has 21 heavy (non-hydrogen) atoms. The summed E-state index contributed by atoms with van der Waals surface area (Å²) < 4.78 is 31.6. The third-order valence-corrected chi connectivity index (χ3v) is 5.39. The number of ether oxygens (including phenoxy) is 1. The summed E-state index contributed by atoms with van der Waals surface area (Å²) in [5, 5.41) is 9.29. The molecule has 6 nitrogen and oxygen atoms in total. The normalized spacial score (nSPS) is 20.4. The second kappa shape index (κ2) is 6.50. The number of sulfonamides is 1. The minimum absolute atomic E-state index is 0.0415. The lowest BCUT2D eigenvalue weighted by atomic mass is 10.2. The molecule has 1 aromatic carbocycles. The molecule has 0 saturated carbocycles. The maximum absolute atomic E-state index is 12.6. The number of carbonyl (C=O) groups is 1. The third-order valence-electron chi connectivity index (χ3n) is 3.03. The molecule has 1 fully saturated rings. The molecule has 1 saturated heterocycles. The molecule has 0 aromatic heterocycles. The van der Waals surface area contributed by atoms with Crippen LogP contribution in [0.25, 0.3) is 0 Å². The van der Waals surface area contributed by atoms with E-state index < -0.39 is 22.0 Å². The van der Waals surface area contributed by atoms with Crippen molar-refractivity contribution >= 4 is 39.2 Å². The van der Waals surface area contributed by atoms with Crippen LogP contribution in [-0.4, -0.2) is 49.6 Å². The minimum atomic E-state index is -3.88. The van der Waals surface area contributed by atoms with Gasteiger partial charge in [-0.2, -0.15) is 4.31 Å². The molecule has 0 radical (unpaired) electrons. The van der Waals surface area contributed by atoms with Crippen LogP contribution in [0.3, 0.4) is 0 Å². The first-order chi connectivity index (χ1) is 9.80. The molecule has 0 amide bonds. The highest BCUT2D eigenvalue weighted by molar-refractivity contribution is 7.89. The van der Waals surface area contributed by atoms with E-state index in [0.29, 0.717) is 0 Å². The van der Waals surface area contributed by atoms with Gasteiger partial charge in [0.15, 0.2) is 0 Å². The largest absolute Gasteiger partial charge is 0.481 e. The fourth-order valence-corrected chi connectivity index (χ4v) is 4.45. The predicted molar refractivity (Wildman–Crippen MR) is 77.2 cm³/mol. The van der Waals surface area contributed by atoms with E-state index in [1.807, 2.05) is 0 Å². The smallest absolute Gasteiger partial charge is 0.305 e. The molecule has 0 aliphatic carbocycles. The van der Waals surface area contributed by atoms with Gasteiger partial charge in [-0.15, -0.1) is 0 Å². The first-order valence-electron chi connectivity index (χ1n) is 6.08. The molecule has 1 aromatic rings. The van der Waals surface area contributed by atoms with Crippen LogP contribution in [0.2, 0.25) is 10.0 Å². The van der Waals surface area contributed by atoms with Crippen LogP contribution in [0.1, 0.15) is 6.42 Å². The van der Waals surface area contributed by atoms with Crippen molar-refractivity contribution in [3.63, 3.8) is 0 Å². The molecule has 116 valence electrons. The number of carboxylic acid groups (broad SMARTS) is 1. The molecule has 9 heteroatoms. The summed E-state index contributed by atoms with van der Waals surface area (Å²) in [6.07, 6.45) is -0.326. The van der Waals surface area contributed by atoms with Crippen LogP contribution < -0.4 is 0 Å². The van der Waals surface area contributed by atoms with Gasteiger partial charge < -0.3 is 9.84 Å². The summed E-state index contributed by atoms with van der Waals surface area (Å²) in [6, 6.07) is 3.25. The molecule has 1 N–H and O–H groups in total. The van der Waals surface area contributed by atoms with Crippen molar-refractivity contribution in [1.29, 1.82) is 0 Å². The summed E-state index contributed by atoms with van der Waals surface area (Å²) in [4.78, 5) is 10.8. The second-order valence-electron chi connectivity index (χ2n) is 4.55. The van der Waals surface area contributed by atoms with Crippen molar-refractivity contribution in [2.75, 3.05) is 19.8 Å². The van der Waals surface area contributed by atoms with Crippen molar-refractivity contribution in [2.24, 2.45) is 0 Å². The van der Waals surface area contributed by atoms with Crippen LogP contribution in [0.4, 0.5) is 0 Å². The molecule has 0 spiro atoms. The average Bonchev–Trinajstić information content (AvgIpc) is 2.37. The van der Waals surface area contributed by atoms with Crippen molar-refractivity contribution in [3.05, 3.63) is 28.2 Å². The van der Waals surface area contributed by atoms with E-state index in [0.717, 1.165) is 4.31 Å². The number of hydrogen-bond acceptors (Lipinski definition) is 4. The van der Waals surface area contributed by atoms with Gasteiger partial charge in [-0.25, -0.2) is 8.42 Å². The van der Waals surface area contributed by atoms with Crippen LogP contribution in [-0.2, 0) is 19.6 Å². The maximum atomic E-state index is 12.6. The number of benzene rings is 1. The van der Waals surface area contributed by atoms with Crippen molar-refractivity contribution < 1.29 is 23.1 Å². The lowest BCUT2D eigenvalue weighted by Gasteiger charge is -2.33. The highest BCUT2D eigenvalue weighted by atomic mass is 35.5. The van der Waals surface area contributed by atoms with E-state index in [9.17, 15) is 13.2 Å². The summed E-state index contributed by atoms with van der Waals surface area (Å²) in [6.45, 7) is 0.341. The first-order valence-corrected chi connectivity index (χ1v) is 8.28. The Bertz CT molecular complexity index is 629. The number of hydrogen-bond donors (Lipinski definition) is 1. The Kier molecular flexibility index (Phi) is 5.11. The Morgan fingerprint density at radius 1 is 1.33 bits per heavy atom. The molecule has 2 rings (SSSR count). The zero-order chi connectivity index (χ0) is 15.6. The molecule has 0 bridgehead atoms. The Morgan fingerprint density at radius 2 is 1.95 bits per heavy atom. The molecule has 1 aliphatic rings. The Morgan fingerprint density at radius 3 is 2.52 bits per heavy atom. The van der Waals surface area contributed by atoms with E-state index in [-0.39, 0.29) is 41.1 Å². The number of morpholine rings is 1. The van der Waals surface area contributed by atoms with Crippen molar-refractivity contribution in [3.8, 4) is 0 Å². The molecule has 1 aliphatic heterocycles. The van der Waals surface area contributed by atoms with Gasteiger partial charge >= 0.3 is 5.97 Å². The van der Waals surface area contributed by atoms with Crippen molar-refractivity contribution in [1.82, 2.24) is 4.31 Å². The van der Waals surface area contributed by atoms with Gasteiger partial charge in [-0.1, -0.05) is 23.2 Å². The van der Waals surface area contributed by atoms with Crippen LogP contribution >= 0.6 is 23.2 Å². The molecule has 1 unspecified atom stereocenters. The van der Waals surface area contributed by atoms with E-state index >= 15 is 0 Å². The highest BCUT2D eigenvalue weighted by Gasteiger charge is 2.35. The molecular weight excluding hydrogens is 341 g/mol. The summed E-state index contributed by atoms with van der Waals surface area (Å²) >= 11 is 11.7. The zero-order valence-electron chi connectivity index (χ0n) is 10.8. The monoisotopic (exact) mass is 353 g/mol. The summed E-state index contributed by atoms with van der Waals surface area (Å²) in [5.74, 6) is -1.09. The van der Waals surface area contributed by atoms with E-state index in [2.05, 4.69) is 0 Å². The topological polar surface area (TPSA) is 83.9 Å². The summed E-state index contributed by atoms with van der Waals surface area (Å²) in [7, 11) is -3.88. The number of aliphatic carboxylic acids is 1. The SMILES string of the molecule is O=C(O)CC1COCCN1S(=O)(=O)c1cc(Cl)cc(Cl)c1. The highest BCUT2D eigenvalue weighted by Crippen LogP contribution is 2.27. The van der Waals surface area contributed by atoms with Gasteiger partial charge in [0.2, 0.25) is 10.0 Å². The van der Waals surface area contributed by atoms with Crippen LogP contribution in [0.5, 0.6) is 0 Å². The Hall–Kier alpha value is -0.860. The third kappa shape index (κ3) is 3.87. The standard InChI is InChI=1S/C12H13Cl2NO5S/c13-8-3-9(14)5-11(4-8)21(18,19)15-1-2-20-7-10(15)6-12(16)17/h3-5,10H,1-2,6-7H2,(H,16,17). The van der Waals surface area contributed by atoms with Gasteiger partial charge in [-0.3, -0.25) is 4.79 Å². The Labute approximate surface area is 132 Å². The van der Waals surface area contributed by atoms with Gasteiger partial charge in [-0.05, 0) is 18.2 Å². The van der Waals surface area contributed by atoms with Crippen LogP contribution in [0, 0.1) is 0 Å². The fraction of sp³-hybridized carbons (Fsp3) is 0.417. The van der Waals surface area contributed by atoms with Gasteiger partial charge in [0.1, 0.15) is 0 Å².